The normalized spacial score (nSPS) is 10.6. The van der Waals surface area contributed by atoms with Gasteiger partial charge in [-0.1, -0.05) is 24.3 Å². The van der Waals surface area contributed by atoms with E-state index in [4.69, 9.17) is 4.42 Å². The molecule has 0 aliphatic heterocycles. The number of aromatic nitrogens is 1. The highest BCUT2D eigenvalue weighted by atomic mass is 32.1. The molecule has 1 aromatic carbocycles. The largest absolute Gasteiger partial charge is 0.469 e. The van der Waals surface area contributed by atoms with Gasteiger partial charge in [-0.15, -0.1) is 11.3 Å². The van der Waals surface area contributed by atoms with E-state index in [0.29, 0.717) is 17.9 Å². The van der Waals surface area contributed by atoms with Crippen molar-refractivity contribution in [3.05, 3.63) is 63.9 Å². The van der Waals surface area contributed by atoms with E-state index in [2.05, 4.69) is 15.6 Å². The van der Waals surface area contributed by atoms with Crippen molar-refractivity contribution in [1.29, 1.82) is 0 Å². The molecule has 0 bridgehead atoms. The van der Waals surface area contributed by atoms with Crippen LogP contribution in [0.25, 0.3) is 11.3 Å². The first-order valence-corrected chi connectivity index (χ1v) is 9.51. The van der Waals surface area contributed by atoms with Gasteiger partial charge >= 0.3 is 0 Å². The van der Waals surface area contributed by atoms with Gasteiger partial charge < -0.3 is 15.1 Å². The molecule has 2 N–H and O–H groups in total. The lowest BCUT2D eigenvalue weighted by Gasteiger charge is -2.07. The number of thiazole rings is 1. The molecule has 140 valence electrons. The van der Waals surface area contributed by atoms with Crippen LogP contribution >= 0.6 is 11.3 Å². The third kappa shape index (κ3) is 5.04. The number of nitrogens with zero attached hydrogens (tertiary/aromatic N) is 1. The molecular weight excluding hydrogens is 362 g/mol. The lowest BCUT2D eigenvalue weighted by molar-refractivity contribution is -0.120. The van der Waals surface area contributed by atoms with Crippen LogP contribution in [-0.2, 0) is 11.2 Å². The summed E-state index contributed by atoms with van der Waals surface area (Å²) in [6, 6.07) is 9.75. The Hall–Kier alpha value is -2.93. The Morgan fingerprint density at radius 2 is 1.89 bits per heavy atom. The molecule has 3 rings (SSSR count). The molecule has 27 heavy (non-hydrogen) atoms. The maximum Gasteiger partial charge on any atom is 0.255 e. The van der Waals surface area contributed by atoms with Crippen LogP contribution in [-0.4, -0.2) is 29.9 Å². The second kappa shape index (κ2) is 8.64. The molecule has 2 amide bonds. The van der Waals surface area contributed by atoms with Crippen molar-refractivity contribution in [2.45, 2.75) is 20.3 Å². The zero-order valence-corrected chi connectivity index (χ0v) is 16.1. The number of furan rings is 1. The Balaban J connectivity index is 1.41. The van der Waals surface area contributed by atoms with E-state index < -0.39 is 0 Å². The number of hydrogen-bond donors (Lipinski definition) is 2. The molecule has 2 heterocycles. The number of benzene rings is 1. The molecule has 6 nitrogen and oxygen atoms in total. The molecule has 3 aromatic rings. The molecule has 0 fully saturated rings. The minimum atomic E-state index is -0.315. The molecular formula is C20H21N3O3S. The Morgan fingerprint density at radius 3 is 2.52 bits per heavy atom. The molecule has 0 spiro atoms. The second-order valence-corrected chi connectivity index (χ2v) is 7.18. The van der Waals surface area contributed by atoms with Crippen LogP contribution < -0.4 is 10.6 Å². The standard InChI is InChI=1S/C20H21N3O3S/c1-13-17(8-10-26-13)20(25)22-11-19(24)21-9-7-15-3-5-16(6-4-15)18-12-27-14(2)23-18/h3-6,8,10,12H,7,9,11H2,1-2H3,(H,21,24)(H,22,25). The van der Waals surface area contributed by atoms with Crippen LogP contribution in [0, 0.1) is 13.8 Å². The molecule has 0 unspecified atom stereocenters. The van der Waals surface area contributed by atoms with Gasteiger partial charge in [-0.3, -0.25) is 9.59 Å². The van der Waals surface area contributed by atoms with Crippen molar-refractivity contribution in [3.8, 4) is 11.3 Å². The van der Waals surface area contributed by atoms with Gasteiger partial charge in [0.1, 0.15) is 5.76 Å². The first-order chi connectivity index (χ1) is 13.0. The van der Waals surface area contributed by atoms with Crippen molar-refractivity contribution in [2.24, 2.45) is 0 Å². The number of aryl methyl sites for hydroxylation is 2. The Morgan fingerprint density at radius 1 is 1.11 bits per heavy atom. The van der Waals surface area contributed by atoms with Crippen molar-refractivity contribution in [2.75, 3.05) is 13.1 Å². The maximum atomic E-state index is 11.9. The highest BCUT2D eigenvalue weighted by molar-refractivity contribution is 7.09. The summed E-state index contributed by atoms with van der Waals surface area (Å²) in [5, 5.41) is 8.49. The predicted octanol–water partition coefficient (Wildman–Crippen LogP) is 3.11. The second-order valence-electron chi connectivity index (χ2n) is 6.12. The number of hydrogen-bond acceptors (Lipinski definition) is 5. The van der Waals surface area contributed by atoms with Crippen LogP contribution in [0.3, 0.4) is 0 Å². The number of carbonyl (C=O) groups excluding carboxylic acids is 2. The van der Waals surface area contributed by atoms with Crippen molar-refractivity contribution in [3.63, 3.8) is 0 Å². The number of amides is 2. The average Bonchev–Trinajstić information content (AvgIpc) is 3.28. The average molecular weight is 383 g/mol. The van der Waals surface area contributed by atoms with Crippen molar-refractivity contribution in [1.82, 2.24) is 15.6 Å². The van der Waals surface area contributed by atoms with Crippen molar-refractivity contribution < 1.29 is 14.0 Å². The van der Waals surface area contributed by atoms with Crippen LogP contribution in [0.15, 0.2) is 46.4 Å². The minimum absolute atomic E-state index is 0.0639. The van der Waals surface area contributed by atoms with Gasteiger partial charge in [0.25, 0.3) is 5.91 Å². The van der Waals surface area contributed by atoms with E-state index in [-0.39, 0.29) is 18.4 Å². The third-order valence-corrected chi connectivity index (χ3v) is 4.89. The SMILES string of the molecule is Cc1nc(-c2ccc(CCNC(=O)CNC(=O)c3ccoc3C)cc2)cs1. The summed E-state index contributed by atoms with van der Waals surface area (Å²) >= 11 is 1.63. The first kappa shape index (κ1) is 18.8. The molecule has 0 saturated carbocycles. The summed E-state index contributed by atoms with van der Waals surface area (Å²) in [5.41, 5.74) is 3.65. The topological polar surface area (TPSA) is 84.2 Å². The van der Waals surface area contributed by atoms with E-state index in [1.54, 1.807) is 24.3 Å². The monoisotopic (exact) mass is 383 g/mol. The van der Waals surface area contributed by atoms with E-state index in [1.165, 1.54) is 6.26 Å². The quantitative estimate of drug-likeness (QED) is 0.657. The fraction of sp³-hybridized carbons (Fsp3) is 0.250. The van der Waals surface area contributed by atoms with Gasteiger partial charge in [-0.2, -0.15) is 0 Å². The van der Waals surface area contributed by atoms with Gasteiger partial charge in [-0.05, 0) is 31.9 Å². The van der Waals surface area contributed by atoms with Gasteiger partial charge in [0.15, 0.2) is 0 Å². The fourth-order valence-electron chi connectivity index (χ4n) is 2.62. The minimum Gasteiger partial charge on any atom is -0.469 e. The van der Waals surface area contributed by atoms with Crippen LogP contribution in [0.4, 0.5) is 0 Å². The van der Waals surface area contributed by atoms with Crippen LogP contribution in [0.5, 0.6) is 0 Å². The summed E-state index contributed by atoms with van der Waals surface area (Å²) in [6.45, 7) is 4.14. The number of nitrogens with one attached hydrogen (secondary N) is 2. The highest BCUT2D eigenvalue weighted by Crippen LogP contribution is 2.21. The van der Waals surface area contributed by atoms with E-state index >= 15 is 0 Å². The van der Waals surface area contributed by atoms with Gasteiger partial charge in [0, 0.05) is 17.5 Å². The summed E-state index contributed by atoms with van der Waals surface area (Å²) in [7, 11) is 0. The maximum absolute atomic E-state index is 11.9. The Bertz CT molecular complexity index is 928. The lowest BCUT2D eigenvalue weighted by Crippen LogP contribution is -2.37. The summed E-state index contributed by atoms with van der Waals surface area (Å²) in [5.74, 6) is -0.00695. The van der Waals surface area contributed by atoms with Gasteiger partial charge in [0.2, 0.25) is 5.91 Å². The molecule has 0 atom stereocenters. The third-order valence-electron chi connectivity index (χ3n) is 4.12. The summed E-state index contributed by atoms with van der Waals surface area (Å²) in [4.78, 5) is 28.3. The highest BCUT2D eigenvalue weighted by Gasteiger charge is 2.12. The Kier molecular flexibility index (Phi) is 6.03. The molecule has 0 aliphatic rings. The first-order valence-electron chi connectivity index (χ1n) is 8.63. The number of rotatable bonds is 7. The molecule has 2 aromatic heterocycles. The van der Waals surface area contributed by atoms with E-state index in [0.717, 1.165) is 28.2 Å². The van der Waals surface area contributed by atoms with Crippen LogP contribution in [0.2, 0.25) is 0 Å². The van der Waals surface area contributed by atoms with Gasteiger partial charge in [-0.25, -0.2) is 4.98 Å². The Labute approximate surface area is 161 Å². The van der Waals surface area contributed by atoms with Crippen molar-refractivity contribution >= 4 is 23.2 Å². The molecule has 0 radical (unpaired) electrons. The van der Waals surface area contributed by atoms with Gasteiger partial charge in [0.05, 0.1) is 29.1 Å². The fourth-order valence-corrected chi connectivity index (χ4v) is 3.25. The smallest absolute Gasteiger partial charge is 0.255 e. The molecule has 7 heteroatoms. The molecule has 0 aliphatic carbocycles. The zero-order valence-electron chi connectivity index (χ0n) is 15.2. The molecule has 0 saturated heterocycles. The summed E-state index contributed by atoms with van der Waals surface area (Å²) < 4.78 is 5.08. The predicted molar refractivity (Wildman–Crippen MR) is 105 cm³/mol. The van der Waals surface area contributed by atoms with E-state index in [9.17, 15) is 9.59 Å². The van der Waals surface area contributed by atoms with Crippen LogP contribution in [0.1, 0.15) is 26.7 Å². The lowest BCUT2D eigenvalue weighted by atomic mass is 10.1. The summed E-state index contributed by atoms with van der Waals surface area (Å²) in [6.07, 6.45) is 2.17. The number of carbonyl (C=O) groups is 2. The van der Waals surface area contributed by atoms with E-state index in [1.807, 2.05) is 36.6 Å². The zero-order chi connectivity index (χ0) is 19.2.